The molecule has 140 valence electrons. The zero-order valence-electron chi connectivity index (χ0n) is 15.8. The van der Waals surface area contributed by atoms with E-state index in [0.29, 0.717) is 24.3 Å². The number of carbonyl (C=O) groups is 2. The van der Waals surface area contributed by atoms with Gasteiger partial charge in [-0.3, -0.25) is 14.0 Å². The average Bonchev–Trinajstić information content (AvgIpc) is 3.22. The molecule has 1 saturated heterocycles. The van der Waals surface area contributed by atoms with E-state index in [0.717, 1.165) is 35.6 Å². The Balaban J connectivity index is 1.62. The van der Waals surface area contributed by atoms with Gasteiger partial charge >= 0.3 is 0 Å². The number of nitrogens with zero attached hydrogens (tertiary/aromatic N) is 4. The Kier molecular flexibility index (Phi) is 4.30. The molecule has 0 aliphatic carbocycles. The highest BCUT2D eigenvalue weighted by Crippen LogP contribution is 2.28. The number of aromatic nitrogens is 4. The van der Waals surface area contributed by atoms with Crippen molar-refractivity contribution in [2.45, 2.75) is 39.5 Å². The van der Waals surface area contributed by atoms with Gasteiger partial charge in [0.1, 0.15) is 5.82 Å². The number of H-pyrrole nitrogens is 1. The second kappa shape index (κ2) is 6.64. The van der Waals surface area contributed by atoms with Gasteiger partial charge in [-0.05, 0) is 44.4 Å². The lowest BCUT2D eigenvalue weighted by Gasteiger charge is -2.32. The van der Waals surface area contributed by atoms with Crippen molar-refractivity contribution < 1.29 is 9.59 Å². The third kappa shape index (κ3) is 2.93. The Morgan fingerprint density at radius 3 is 2.78 bits per heavy atom. The first-order valence-corrected chi connectivity index (χ1v) is 9.26. The predicted molar refractivity (Wildman–Crippen MR) is 101 cm³/mol. The summed E-state index contributed by atoms with van der Waals surface area (Å²) < 4.78 is 2.00. The first-order valence-electron chi connectivity index (χ1n) is 9.26. The number of fused-ring (bicyclic) bond motifs is 1. The first-order chi connectivity index (χ1) is 13.0. The quantitative estimate of drug-likeness (QED) is 0.724. The number of likely N-dealkylation sites (tertiary alicyclic amines) is 1. The van der Waals surface area contributed by atoms with Crippen LogP contribution >= 0.6 is 0 Å². The molecule has 7 nitrogen and oxygen atoms in total. The fourth-order valence-electron chi connectivity index (χ4n) is 4.09. The highest BCUT2D eigenvalue weighted by Gasteiger charge is 2.31. The second-order valence-electron chi connectivity index (χ2n) is 7.26. The summed E-state index contributed by atoms with van der Waals surface area (Å²) in [4.78, 5) is 29.9. The predicted octanol–water partition coefficient (Wildman–Crippen LogP) is 2.90. The van der Waals surface area contributed by atoms with Crippen LogP contribution < -0.4 is 0 Å². The van der Waals surface area contributed by atoms with E-state index in [1.54, 1.807) is 0 Å². The Hall–Kier alpha value is -2.96. The fourth-order valence-corrected chi connectivity index (χ4v) is 4.09. The number of Topliss-reactive ketones (excluding diaryl/α,β-unsaturated/α-hetero) is 1. The number of piperidine rings is 1. The van der Waals surface area contributed by atoms with Gasteiger partial charge in [0.25, 0.3) is 5.91 Å². The third-order valence-electron chi connectivity index (χ3n) is 5.42. The van der Waals surface area contributed by atoms with E-state index >= 15 is 0 Å². The smallest absolute Gasteiger partial charge is 0.255 e. The molecule has 0 saturated carbocycles. The largest absolute Gasteiger partial charge is 0.355 e. The van der Waals surface area contributed by atoms with Crippen LogP contribution in [0.25, 0.3) is 5.65 Å². The van der Waals surface area contributed by atoms with Gasteiger partial charge in [0, 0.05) is 37.8 Å². The van der Waals surface area contributed by atoms with E-state index < -0.39 is 0 Å². The second-order valence-corrected chi connectivity index (χ2v) is 7.26. The lowest BCUT2D eigenvalue weighted by molar-refractivity contribution is 0.0703. The van der Waals surface area contributed by atoms with Crippen molar-refractivity contribution in [1.29, 1.82) is 0 Å². The van der Waals surface area contributed by atoms with E-state index in [4.69, 9.17) is 0 Å². The van der Waals surface area contributed by atoms with Gasteiger partial charge in [-0.15, -0.1) is 10.2 Å². The minimum Gasteiger partial charge on any atom is -0.355 e. The first kappa shape index (κ1) is 17.5. The van der Waals surface area contributed by atoms with E-state index in [2.05, 4.69) is 15.2 Å². The topological polar surface area (TPSA) is 83.4 Å². The molecule has 3 aromatic heterocycles. The normalized spacial score (nSPS) is 17.4. The molecule has 1 aliphatic rings. The van der Waals surface area contributed by atoms with Crippen LogP contribution in [0.5, 0.6) is 0 Å². The molecule has 3 aromatic rings. The number of pyridine rings is 1. The van der Waals surface area contributed by atoms with Gasteiger partial charge in [-0.25, -0.2) is 0 Å². The lowest BCUT2D eigenvalue weighted by Crippen LogP contribution is -2.40. The third-order valence-corrected chi connectivity index (χ3v) is 5.42. The molecule has 4 heterocycles. The number of hydrogen-bond acceptors (Lipinski definition) is 4. The van der Waals surface area contributed by atoms with E-state index in [-0.39, 0.29) is 17.6 Å². The molecule has 0 radical (unpaired) electrons. The molecule has 1 N–H and O–H groups in total. The van der Waals surface area contributed by atoms with Crippen molar-refractivity contribution in [1.82, 2.24) is 24.5 Å². The molecule has 1 atom stereocenters. The van der Waals surface area contributed by atoms with Crippen LogP contribution in [0.15, 0.2) is 24.4 Å². The highest BCUT2D eigenvalue weighted by molar-refractivity contribution is 6.02. The molecule has 1 fully saturated rings. The van der Waals surface area contributed by atoms with Gasteiger partial charge in [0.15, 0.2) is 11.4 Å². The molecule has 0 bridgehead atoms. The summed E-state index contributed by atoms with van der Waals surface area (Å²) in [6.45, 7) is 6.51. The van der Waals surface area contributed by atoms with Crippen molar-refractivity contribution in [3.05, 3.63) is 52.7 Å². The van der Waals surface area contributed by atoms with Gasteiger partial charge in [-0.1, -0.05) is 6.07 Å². The number of aromatic amines is 1. The van der Waals surface area contributed by atoms with E-state index in [1.165, 1.54) is 6.92 Å². The van der Waals surface area contributed by atoms with Gasteiger partial charge in [0.05, 0.1) is 11.3 Å². The SMILES string of the molecule is CC(=O)c1[nH]c(C)c(C(=O)N2CCCC(c3nnc4ccccn34)C2)c1C. The summed E-state index contributed by atoms with van der Waals surface area (Å²) in [6.07, 6.45) is 3.86. The van der Waals surface area contributed by atoms with E-state index in [9.17, 15) is 9.59 Å². The minimum atomic E-state index is -0.0545. The summed E-state index contributed by atoms with van der Waals surface area (Å²) in [5.74, 6) is 0.968. The molecule has 1 unspecified atom stereocenters. The van der Waals surface area contributed by atoms with Crippen LogP contribution in [-0.2, 0) is 0 Å². The molecule has 27 heavy (non-hydrogen) atoms. The van der Waals surface area contributed by atoms with Crippen LogP contribution in [0.1, 0.15) is 63.6 Å². The summed E-state index contributed by atoms with van der Waals surface area (Å²) in [7, 11) is 0. The van der Waals surface area contributed by atoms with Crippen LogP contribution in [0, 0.1) is 13.8 Å². The van der Waals surface area contributed by atoms with Crippen molar-refractivity contribution in [2.75, 3.05) is 13.1 Å². The maximum atomic E-state index is 13.2. The summed E-state index contributed by atoms with van der Waals surface area (Å²) in [5, 5.41) is 8.61. The fraction of sp³-hybridized carbons (Fsp3) is 0.400. The molecule has 1 amide bonds. The Morgan fingerprint density at radius 1 is 1.22 bits per heavy atom. The molecular formula is C20H23N5O2. The number of ketones is 1. The monoisotopic (exact) mass is 365 g/mol. The number of hydrogen-bond donors (Lipinski definition) is 1. The summed E-state index contributed by atoms with van der Waals surface area (Å²) >= 11 is 0. The number of carbonyl (C=O) groups excluding carboxylic acids is 2. The lowest BCUT2D eigenvalue weighted by atomic mass is 9.96. The Morgan fingerprint density at radius 2 is 2.04 bits per heavy atom. The maximum absolute atomic E-state index is 13.2. The number of nitrogens with one attached hydrogen (secondary N) is 1. The van der Waals surface area contributed by atoms with Crippen molar-refractivity contribution >= 4 is 17.3 Å². The van der Waals surface area contributed by atoms with Crippen molar-refractivity contribution in [2.24, 2.45) is 0 Å². The molecule has 4 rings (SSSR count). The van der Waals surface area contributed by atoms with Crippen LogP contribution in [0.4, 0.5) is 0 Å². The zero-order valence-corrected chi connectivity index (χ0v) is 15.8. The number of rotatable bonds is 3. The van der Waals surface area contributed by atoms with Crippen molar-refractivity contribution in [3.63, 3.8) is 0 Å². The Labute approximate surface area is 157 Å². The van der Waals surface area contributed by atoms with Crippen LogP contribution in [-0.4, -0.2) is 49.3 Å². The maximum Gasteiger partial charge on any atom is 0.255 e. The molecule has 0 spiro atoms. The Bertz CT molecular complexity index is 1030. The highest BCUT2D eigenvalue weighted by atomic mass is 16.2. The van der Waals surface area contributed by atoms with Crippen LogP contribution in [0.3, 0.4) is 0 Å². The number of amides is 1. The minimum absolute atomic E-state index is 0.0210. The molecular weight excluding hydrogens is 342 g/mol. The van der Waals surface area contributed by atoms with E-state index in [1.807, 2.05) is 47.5 Å². The van der Waals surface area contributed by atoms with Gasteiger partial charge in [0.2, 0.25) is 0 Å². The van der Waals surface area contributed by atoms with Gasteiger partial charge in [-0.2, -0.15) is 0 Å². The molecule has 1 aliphatic heterocycles. The van der Waals surface area contributed by atoms with Gasteiger partial charge < -0.3 is 9.88 Å². The standard InChI is InChI=1S/C20H23N5O2/c1-12-17(13(2)21-18(12)14(3)26)20(27)24-9-6-7-15(11-24)19-23-22-16-8-4-5-10-25(16)19/h4-5,8,10,15,21H,6-7,9,11H2,1-3H3. The number of aryl methyl sites for hydroxylation is 1. The van der Waals surface area contributed by atoms with Crippen LogP contribution in [0.2, 0.25) is 0 Å². The zero-order chi connectivity index (χ0) is 19.1. The molecule has 0 aromatic carbocycles. The van der Waals surface area contributed by atoms with Crippen molar-refractivity contribution in [3.8, 4) is 0 Å². The average molecular weight is 365 g/mol. The molecule has 7 heteroatoms. The summed E-state index contributed by atoms with van der Waals surface area (Å²) in [6, 6.07) is 5.83. The summed E-state index contributed by atoms with van der Waals surface area (Å²) in [5.41, 5.74) is 3.44.